The normalized spacial score (nSPS) is 16.0. The molecule has 0 saturated carbocycles. The Balaban J connectivity index is 1.47. The van der Waals surface area contributed by atoms with Crippen LogP contribution in [-0.2, 0) is 6.42 Å². The molecule has 1 aliphatic rings. The van der Waals surface area contributed by atoms with E-state index in [2.05, 4.69) is 29.2 Å². The molecule has 0 aliphatic carbocycles. The molecule has 134 valence electrons. The Kier molecular flexibility index (Phi) is 4.02. The predicted octanol–water partition coefficient (Wildman–Crippen LogP) is 5.09. The third-order valence-electron chi connectivity index (χ3n) is 4.94. The first kappa shape index (κ1) is 16.3. The van der Waals surface area contributed by atoms with Gasteiger partial charge in [-0.3, -0.25) is 4.98 Å². The number of methoxy groups -OCH3 is 1. The van der Waals surface area contributed by atoms with E-state index in [0.717, 1.165) is 28.4 Å². The number of hydrogen-bond acceptors (Lipinski definition) is 5. The maximum absolute atomic E-state index is 5.98. The molecule has 0 saturated heterocycles. The number of aromatic nitrogens is 2. The number of hydrogen-bond donors (Lipinski definition) is 0. The van der Waals surface area contributed by atoms with E-state index >= 15 is 0 Å². The van der Waals surface area contributed by atoms with Crippen LogP contribution < -0.4 is 9.47 Å². The summed E-state index contributed by atoms with van der Waals surface area (Å²) in [4.78, 5) is 8.98. The fraction of sp³-hybridized carbons (Fsp3) is 0.182. The van der Waals surface area contributed by atoms with Crippen molar-refractivity contribution in [1.82, 2.24) is 9.97 Å². The Labute approximate surface area is 161 Å². The van der Waals surface area contributed by atoms with Crippen LogP contribution in [0.4, 0.5) is 0 Å². The lowest BCUT2D eigenvalue weighted by Crippen LogP contribution is -2.19. The second kappa shape index (κ2) is 6.67. The Morgan fingerprint density at radius 3 is 2.78 bits per heavy atom. The van der Waals surface area contributed by atoms with Crippen LogP contribution in [0.5, 0.6) is 11.5 Å². The van der Waals surface area contributed by atoms with E-state index in [1.807, 2.05) is 36.7 Å². The molecular formula is C22H18N2O2S. The molecule has 5 heteroatoms. The van der Waals surface area contributed by atoms with Crippen molar-refractivity contribution < 1.29 is 9.47 Å². The van der Waals surface area contributed by atoms with Gasteiger partial charge in [-0.15, -0.1) is 11.3 Å². The molecule has 1 atom stereocenters. The topological polar surface area (TPSA) is 44.2 Å². The molecule has 0 amide bonds. The van der Waals surface area contributed by atoms with Crippen molar-refractivity contribution in [2.24, 2.45) is 0 Å². The van der Waals surface area contributed by atoms with Gasteiger partial charge in [0.25, 0.3) is 0 Å². The van der Waals surface area contributed by atoms with Crippen molar-refractivity contribution in [2.45, 2.75) is 12.3 Å². The minimum absolute atomic E-state index is 0.270. The maximum atomic E-state index is 5.98. The van der Waals surface area contributed by atoms with Gasteiger partial charge in [0.2, 0.25) is 0 Å². The SMILES string of the molecule is COc1ccc2c(c1)CC(c1nc3ccc(-c4ccncc4)cc3s1)CO2. The number of fused-ring (bicyclic) bond motifs is 2. The molecule has 0 spiro atoms. The molecule has 3 heterocycles. The van der Waals surface area contributed by atoms with Crippen LogP contribution in [0, 0.1) is 0 Å². The highest BCUT2D eigenvalue weighted by atomic mass is 32.1. The zero-order valence-corrected chi connectivity index (χ0v) is 15.7. The lowest BCUT2D eigenvalue weighted by molar-refractivity contribution is 0.261. The Morgan fingerprint density at radius 1 is 1.04 bits per heavy atom. The number of thiazole rings is 1. The number of ether oxygens (including phenoxy) is 2. The van der Waals surface area contributed by atoms with Gasteiger partial charge in [0.15, 0.2) is 0 Å². The van der Waals surface area contributed by atoms with Gasteiger partial charge in [0, 0.05) is 18.3 Å². The minimum Gasteiger partial charge on any atom is -0.497 e. The molecular weight excluding hydrogens is 356 g/mol. The number of pyridine rings is 1. The summed E-state index contributed by atoms with van der Waals surface area (Å²) in [7, 11) is 1.69. The van der Waals surface area contributed by atoms with Crippen molar-refractivity contribution in [3.05, 3.63) is 71.5 Å². The first-order valence-electron chi connectivity index (χ1n) is 8.91. The van der Waals surface area contributed by atoms with Crippen molar-refractivity contribution in [3.63, 3.8) is 0 Å². The van der Waals surface area contributed by atoms with E-state index in [4.69, 9.17) is 14.5 Å². The van der Waals surface area contributed by atoms with Crippen LogP contribution in [0.2, 0.25) is 0 Å². The molecule has 27 heavy (non-hydrogen) atoms. The van der Waals surface area contributed by atoms with E-state index in [-0.39, 0.29) is 5.92 Å². The highest BCUT2D eigenvalue weighted by Crippen LogP contribution is 2.38. The van der Waals surface area contributed by atoms with Gasteiger partial charge in [-0.2, -0.15) is 0 Å². The molecule has 5 rings (SSSR count). The Bertz CT molecular complexity index is 1110. The average molecular weight is 374 g/mol. The first-order chi connectivity index (χ1) is 13.3. The van der Waals surface area contributed by atoms with Crippen LogP contribution in [-0.4, -0.2) is 23.7 Å². The number of nitrogens with zero attached hydrogens (tertiary/aromatic N) is 2. The van der Waals surface area contributed by atoms with E-state index in [0.29, 0.717) is 6.61 Å². The summed E-state index contributed by atoms with van der Waals surface area (Å²) in [6, 6.07) is 16.5. The first-order valence-corrected chi connectivity index (χ1v) is 9.72. The van der Waals surface area contributed by atoms with Gasteiger partial charge in [0.05, 0.1) is 23.9 Å². The fourth-order valence-corrected chi connectivity index (χ4v) is 4.59. The lowest BCUT2D eigenvalue weighted by Gasteiger charge is -2.24. The summed E-state index contributed by atoms with van der Waals surface area (Å²) in [5.74, 6) is 2.09. The summed E-state index contributed by atoms with van der Waals surface area (Å²) >= 11 is 1.76. The molecule has 2 aromatic carbocycles. The molecule has 4 aromatic rings. The molecule has 0 radical (unpaired) electrons. The van der Waals surface area contributed by atoms with Gasteiger partial charge in [-0.25, -0.2) is 4.98 Å². The van der Waals surface area contributed by atoms with Crippen LogP contribution in [0.3, 0.4) is 0 Å². The highest BCUT2D eigenvalue weighted by molar-refractivity contribution is 7.18. The standard InChI is InChI=1S/C22H18N2O2S/c1-25-18-3-5-20-16(11-18)10-17(13-26-20)22-24-19-4-2-15(12-21(19)27-22)14-6-8-23-9-7-14/h2-9,11-12,17H,10,13H2,1H3. The zero-order chi connectivity index (χ0) is 18.2. The average Bonchev–Trinajstić information content (AvgIpc) is 3.17. The van der Waals surface area contributed by atoms with Gasteiger partial charge < -0.3 is 9.47 Å². The number of rotatable bonds is 3. The molecule has 1 unspecified atom stereocenters. The molecule has 0 N–H and O–H groups in total. The number of benzene rings is 2. The van der Waals surface area contributed by atoms with Crippen molar-refractivity contribution in [2.75, 3.05) is 13.7 Å². The Hall–Kier alpha value is -2.92. The van der Waals surface area contributed by atoms with Crippen LogP contribution in [0.1, 0.15) is 16.5 Å². The maximum Gasteiger partial charge on any atom is 0.122 e. The monoisotopic (exact) mass is 374 g/mol. The van der Waals surface area contributed by atoms with Crippen LogP contribution in [0.25, 0.3) is 21.3 Å². The summed E-state index contributed by atoms with van der Waals surface area (Å²) in [6.45, 7) is 0.663. The van der Waals surface area contributed by atoms with E-state index < -0.39 is 0 Å². The quantitative estimate of drug-likeness (QED) is 0.501. The van der Waals surface area contributed by atoms with Crippen LogP contribution in [0.15, 0.2) is 60.9 Å². The van der Waals surface area contributed by atoms with Crippen LogP contribution >= 0.6 is 11.3 Å². The van der Waals surface area contributed by atoms with E-state index in [9.17, 15) is 0 Å². The summed E-state index contributed by atoms with van der Waals surface area (Å²) in [6.07, 6.45) is 4.56. The molecule has 4 nitrogen and oxygen atoms in total. The van der Waals surface area contributed by atoms with Crippen molar-refractivity contribution in [1.29, 1.82) is 0 Å². The van der Waals surface area contributed by atoms with Crippen molar-refractivity contribution >= 4 is 21.6 Å². The molecule has 0 bridgehead atoms. The van der Waals surface area contributed by atoms with Gasteiger partial charge in [0.1, 0.15) is 16.5 Å². The van der Waals surface area contributed by atoms with E-state index in [1.54, 1.807) is 18.4 Å². The van der Waals surface area contributed by atoms with Gasteiger partial charge in [-0.05, 0) is 65.6 Å². The third kappa shape index (κ3) is 3.04. The smallest absolute Gasteiger partial charge is 0.122 e. The molecule has 2 aromatic heterocycles. The third-order valence-corrected chi connectivity index (χ3v) is 6.12. The zero-order valence-electron chi connectivity index (χ0n) is 14.9. The van der Waals surface area contributed by atoms with Gasteiger partial charge >= 0.3 is 0 Å². The highest BCUT2D eigenvalue weighted by Gasteiger charge is 2.24. The predicted molar refractivity (Wildman–Crippen MR) is 108 cm³/mol. The van der Waals surface area contributed by atoms with Crippen molar-refractivity contribution in [3.8, 4) is 22.6 Å². The lowest BCUT2D eigenvalue weighted by atomic mass is 9.97. The minimum atomic E-state index is 0.270. The summed E-state index contributed by atoms with van der Waals surface area (Å²) in [5, 5.41) is 1.13. The summed E-state index contributed by atoms with van der Waals surface area (Å²) < 4.78 is 12.5. The summed E-state index contributed by atoms with van der Waals surface area (Å²) in [5.41, 5.74) is 4.59. The van der Waals surface area contributed by atoms with E-state index in [1.165, 1.54) is 21.4 Å². The second-order valence-electron chi connectivity index (χ2n) is 6.66. The molecule has 0 fully saturated rings. The fourth-order valence-electron chi connectivity index (χ4n) is 3.50. The molecule has 1 aliphatic heterocycles. The second-order valence-corrected chi connectivity index (χ2v) is 7.72. The largest absolute Gasteiger partial charge is 0.497 e. The Morgan fingerprint density at radius 2 is 1.93 bits per heavy atom. The van der Waals surface area contributed by atoms with Gasteiger partial charge in [-0.1, -0.05) is 6.07 Å².